The topological polar surface area (TPSA) is 384 Å². The number of aliphatic hydroxyl groups is 9. The number of rotatable bonds is 15. The molecule has 0 unspecified atom stereocenters. The minimum atomic E-state index is -5.44. The maximum Gasteiger partial charge on any atom is 1.00 e. The predicted octanol–water partition coefficient (Wildman–Crippen LogP) is -3.06. The summed E-state index contributed by atoms with van der Waals surface area (Å²) in [6.07, 6.45) is -23.3. The number of fused-ring (bicyclic) bond motifs is 4. The number of aliphatic hydroxyl groups excluding tert-OH is 9. The van der Waals surface area contributed by atoms with Crippen molar-refractivity contribution in [3.63, 3.8) is 0 Å². The monoisotopic (exact) mass is 1210 g/mol. The molecule has 9 N–H and O–H groups in total. The Morgan fingerprint density at radius 1 is 0.771 bits per heavy atom. The van der Waals surface area contributed by atoms with Gasteiger partial charge in [0, 0.05) is 25.9 Å². The quantitative estimate of drug-likeness (QED) is 0.0258. The van der Waals surface area contributed by atoms with Crippen molar-refractivity contribution < 1.29 is 154 Å². The van der Waals surface area contributed by atoms with E-state index in [0.29, 0.717) is 25.7 Å². The van der Waals surface area contributed by atoms with Crippen LogP contribution < -0.4 is 29.6 Å². The van der Waals surface area contributed by atoms with Crippen molar-refractivity contribution in [3.05, 3.63) is 35.1 Å². The fraction of sp³-hybridized carbons (Fsp3) is 0.855. The van der Waals surface area contributed by atoms with Gasteiger partial charge in [-0.3, -0.25) is 13.8 Å². The Morgan fingerprint density at radius 3 is 2.05 bits per heavy atom. The van der Waals surface area contributed by atoms with Gasteiger partial charge in [0.25, 0.3) is 0 Å². The summed E-state index contributed by atoms with van der Waals surface area (Å²) in [6.45, 7) is 14.7. The van der Waals surface area contributed by atoms with Gasteiger partial charge in [0.05, 0.1) is 49.1 Å². The molecule has 0 bridgehead atoms. The van der Waals surface area contributed by atoms with E-state index < -0.39 is 198 Å². The molecular weight excluding hydrogens is 1130 g/mol. The smallest absolute Gasteiger partial charge is 0.726 e. The Labute approximate surface area is 504 Å². The van der Waals surface area contributed by atoms with E-state index in [1.165, 1.54) is 21.0 Å². The van der Waals surface area contributed by atoms with Gasteiger partial charge >= 0.3 is 41.5 Å². The van der Waals surface area contributed by atoms with Gasteiger partial charge in [-0.25, -0.2) is 8.42 Å². The van der Waals surface area contributed by atoms with Crippen LogP contribution in [0.25, 0.3) is 0 Å². The van der Waals surface area contributed by atoms with E-state index in [4.69, 9.17) is 52.1 Å². The average molecular weight is 1220 g/mol. The predicted molar refractivity (Wildman–Crippen MR) is 275 cm³/mol. The number of carbonyl (C=O) groups excluding carboxylic acids is 2. The number of hydrogen-bond acceptors (Lipinski definition) is 26. The van der Waals surface area contributed by atoms with Crippen molar-refractivity contribution in [2.75, 3.05) is 26.9 Å². The number of ether oxygens (including phenoxy) is 11. The molecule has 27 atom stereocenters. The van der Waals surface area contributed by atoms with Crippen LogP contribution in [0.2, 0.25) is 0 Å². The second-order valence-electron chi connectivity index (χ2n) is 25.4. The van der Waals surface area contributed by atoms with Crippen molar-refractivity contribution in [1.82, 2.24) is 0 Å². The summed E-state index contributed by atoms with van der Waals surface area (Å²) in [4.78, 5) is 27.4. The normalized spacial score (nSPS) is 48.7. The van der Waals surface area contributed by atoms with Gasteiger partial charge < -0.3 is 103 Å². The molecule has 9 rings (SSSR count). The number of cyclic esters (lactones) is 1. The number of hydrogen-bond donors (Lipinski definition) is 9. The molecule has 0 aromatic carbocycles. The van der Waals surface area contributed by atoms with Gasteiger partial charge in [-0.05, 0) is 94.1 Å². The summed E-state index contributed by atoms with van der Waals surface area (Å²) in [5.74, 6) is -1.85. The van der Waals surface area contributed by atoms with Crippen LogP contribution in [-0.4, -0.2) is 226 Å². The molecule has 26 nitrogen and oxygen atoms in total. The van der Waals surface area contributed by atoms with E-state index in [1.54, 1.807) is 0 Å². The van der Waals surface area contributed by atoms with Gasteiger partial charge in [-0.2, -0.15) is 0 Å². The molecule has 5 saturated heterocycles. The SMILES string of the molecule is CO[C@@H]1[C@@H](O)[C@H](O[C@@H]2[C@@H](O)[C@H](O[C@H]3[C@H](O)[C@@H](O)[C@H](O[C@H]4[C@H](O[C@H]5CC[C@]6(C)[C@H]7CC[C@]89C(=O)O[C@@](C)(/C=C\C=C(C)C)[C@H]8[C@@H](OC(C)=O)C[C@@]9(C)C7=C(O)C[C@H]6C5(C)C)OC[C@@H](OS(=O)(=O)[O-])[C@@H]4O)O[C@@H]3C)OC[C@H]2O)O[C@H](CO)[C@H]1O.[Na+]. The van der Waals surface area contributed by atoms with Crippen LogP contribution in [0.5, 0.6) is 0 Å². The first-order chi connectivity index (χ1) is 38.3. The molecule has 1 spiro atoms. The van der Waals surface area contributed by atoms with Crippen LogP contribution >= 0.6 is 0 Å². The van der Waals surface area contributed by atoms with Crippen LogP contribution in [0, 0.1) is 39.4 Å². The van der Waals surface area contributed by atoms with E-state index in [9.17, 15) is 68.5 Å². The van der Waals surface area contributed by atoms with E-state index in [1.807, 2.05) is 59.8 Å². The molecule has 9 aliphatic rings. The minimum Gasteiger partial charge on any atom is -0.726 e. The molecule has 28 heteroatoms. The van der Waals surface area contributed by atoms with Gasteiger partial charge in [0.2, 0.25) is 10.4 Å². The molecule has 0 aromatic heterocycles. The third-order valence-electron chi connectivity index (χ3n) is 19.8. The number of esters is 2. The molecule has 3 saturated carbocycles. The number of methoxy groups -OCH3 is 1. The maximum absolute atomic E-state index is 14.7. The summed E-state index contributed by atoms with van der Waals surface area (Å²) in [5.41, 5.74) is -2.74. The van der Waals surface area contributed by atoms with E-state index in [-0.39, 0.29) is 60.0 Å². The number of allylic oxidation sites excluding steroid dienone is 5. The van der Waals surface area contributed by atoms with Crippen molar-refractivity contribution >= 4 is 22.3 Å². The van der Waals surface area contributed by atoms with Crippen molar-refractivity contribution in [3.8, 4) is 0 Å². The Hall–Kier alpha value is -1.85. The van der Waals surface area contributed by atoms with Gasteiger partial charge in [-0.1, -0.05) is 45.4 Å². The number of carbonyl (C=O) groups is 2. The summed E-state index contributed by atoms with van der Waals surface area (Å²) >= 11 is 0. The van der Waals surface area contributed by atoms with E-state index in [0.717, 1.165) is 11.1 Å². The molecular formula is C55H83NaO26S. The zero-order valence-corrected chi connectivity index (χ0v) is 51.6. The molecule has 0 radical (unpaired) electrons. The summed E-state index contributed by atoms with van der Waals surface area (Å²) in [6, 6.07) is 0. The third-order valence-corrected chi connectivity index (χ3v) is 20.3. The summed E-state index contributed by atoms with van der Waals surface area (Å²) in [5, 5.41) is 101. The fourth-order valence-electron chi connectivity index (χ4n) is 16.0. The molecule has 5 heterocycles. The fourth-order valence-corrected chi connectivity index (χ4v) is 16.5. The summed E-state index contributed by atoms with van der Waals surface area (Å²) in [7, 11) is -4.24. The van der Waals surface area contributed by atoms with Gasteiger partial charge in [0.15, 0.2) is 25.2 Å². The molecule has 4 aliphatic carbocycles. The van der Waals surface area contributed by atoms with Crippen LogP contribution in [0.3, 0.4) is 0 Å². The van der Waals surface area contributed by atoms with Crippen molar-refractivity contribution in [2.45, 2.75) is 229 Å². The van der Waals surface area contributed by atoms with Crippen molar-refractivity contribution in [2.24, 2.45) is 39.4 Å². The molecule has 5 aliphatic heterocycles. The minimum absolute atomic E-state index is 0. The van der Waals surface area contributed by atoms with E-state index >= 15 is 0 Å². The zero-order chi connectivity index (χ0) is 60.1. The van der Waals surface area contributed by atoms with Gasteiger partial charge in [-0.15, -0.1) is 0 Å². The van der Waals surface area contributed by atoms with Gasteiger partial charge in [0.1, 0.15) is 91.1 Å². The Bertz CT molecular complexity index is 2570. The van der Waals surface area contributed by atoms with Crippen LogP contribution in [0.1, 0.15) is 101 Å². The second kappa shape index (κ2) is 24.8. The summed E-state index contributed by atoms with van der Waals surface area (Å²) < 4.78 is 106. The van der Waals surface area contributed by atoms with E-state index in [2.05, 4.69) is 11.1 Å². The largest absolute Gasteiger partial charge is 1.00 e. The third kappa shape index (κ3) is 11.9. The van der Waals surface area contributed by atoms with Crippen LogP contribution in [0.4, 0.5) is 0 Å². The second-order valence-corrected chi connectivity index (χ2v) is 26.4. The first-order valence-electron chi connectivity index (χ1n) is 28.1. The average Bonchev–Trinajstić information content (AvgIpc) is 1.73. The Morgan fingerprint density at radius 2 is 1.41 bits per heavy atom. The Kier molecular flexibility index (Phi) is 20.1. The van der Waals surface area contributed by atoms with Crippen molar-refractivity contribution in [1.29, 1.82) is 0 Å². The zero-order valence-electron chi connectivity index (χ0n) is 48.7. The molecule has 83 heavy (non-hydrogen) atoms. The molecule has 0 aromatic rings. The molecule has 0 amide bonds. The molecule has 8 fully saturated rings. The van der Waals surface area contributed by atoms with Crippen LogP contribution in [-0.2, 0) is 76.3 Å². The van der Waals surface area contributed by atoms with Crippen LogP contribution in [0.15, 0.2) is 35.1 Å². The standard InChI is InChI=1S/C55H84O26S.Na/c1-23(2)12-11-15-54(9)45-29(74-25(4)57)19-53(8)34-26(13-17-55(45,53)50(66)80-54)52(7)16-14-33(51(5,6)32(52)18-27(34)58)76-49-44(36(61)31(22-72-49)81-82(67,68)69)79-47-38(63)37(62)41(24(3)73-47)77-46-39(64)42(28(59)21-71-46)78-48-40(65)43(70-10)35(60)30(20-56)75-48;/h11-12,15,24,26,28-33,35-49,56,58-65H,13-14,16-22H2,1-10H3,(H,67,68,69);/q;+1/p-1/b15-11-;/t24-,26+,28-,29+,30-,31-,32+,33+,35-,36+,37-,38-,39-,40-,41-,42+,43+,44-,45-,46+,47+,48+,49+,52-,53+,54+,55-;/m1./s1. The first-order valence-corrected chi connectivity index (χ1v) is 29.5. The molecule has 466 valence electrons. The first kappa shape index (κ1) is 67.1. The maximum atomic E-state index is 14.7. The Balaban J connectivity index is 0.00000900.